The van der Waals surface area contributed by atoms with Gasteiger partial charge in [0.1, 0.15) is 0 Å². The van der Waals surface area contributed by atoms with Gasteiger partial charge in [-0.25, -0.2) is 0 Å². The highest BCUT2D eigenvalue weighted by atomic mass is 15.1. The van der Waals surface area contributed by atoms with Crippen LogP contribution in [-0.2, 0) is 0 Å². The molecule has 1 aliphatic carbocycles. The lowest BCUT2D eigenvalue weighted by atomic mass is 9.86. The van der Waals surface area contributed by atoms with Gasteiger partial charge in [0.2, 0.25) is 0 Å². The summed E-state index contributed by atoms with van der Waals surface area (Å²) < 4.78 is 0. The summed E-state index contributed by atoms with van der Waals surface area (Å²) in [5.74, 6) is 0.367. The maximum absolute atomic E-state index is 2.45. The zero-order valence-corrected chi connectivity index (χ0v) is 26.2. The minimum atomic E-state index is 0.367. The van der Waals surface area contributed by atoms with Gasteiger partial charge in [-0.05, 0) is 107 Å². The van der Waals surface area contributed by atoms with Crippen LogP contribution < -0.4 is 9.80 Å². The summed E-state index contributed by atoms with van der Waals surface area (Å²) in [6.45, 7) is 4.48. The van der Waals surface area contributed by atoms with Crippen LogP contribution in [0.4, 0.5) is 22.7 Å². The van der Waals surface area contributed by atoms with Crippen molar-refractivity contribution in [2.24, 2.45) is 5.92 Å². The lowest BCUT2D eigenvalue weighted by Crippen LogP contribution is -2.20. The molecule has 45 heavy (non-hydrogen) atoms. The third kappa shape index (κ3) is 5.92. The lowest BCUT2D eigenvalue weighted by molar-refractivity contribution is 0.715. The summed E-state index contributed by atoms with van der Waals surface area (Å²) in [5, 5.41) is 2.50. The molecule has 0 aliphatic heterocycles. The minimum absolute atomic E-state index is 0.367. The van der Waals surface area contributed by atoms with E-state index in [4.69, 9.17) is 0 Å². The van der Waals surface area contributed by atoms with Crippen LogP contribution >= 0.6 is 0 Å². The molecule has 0 radical (unpaired) electrons. The van der Waals surface area contributed by atoms with E-state index < -0.39 is 0 Å². The Balaban J connectivity index is 1.24. The third-order valence-electron chi connectivity index (χ3n) is 9.00. The minimum Gasteiger partial charge on any atom is -0.345 e. The second-order valence-electron chi connectivity index (χ2n) is 12.1. The SMILES string of the molecule is Cc1ccc(N(C)c2ccc(C3=CC=C(N(c4cccc(-c5ccccc5)c4)c4ccc5ccccc5c4)C[C@H]3C)cc2)cc1. The first-order valence-electron chi connectivity index (χ1n) is 15.8. The van der Waals surface area contributed by atoms with Crippen LogP contribution in [-0.4, -0.2) is 7.05 Å². The van der Waals surface area contributed by atoms with E-state index in [0.29, 0.717) is 5.92 Å². The van der Waals surface area contributed by atoms with Crippen molar-refractivity contribution in [1.29, 1.82) is 0 Å². The topological polar surface area (TPSA) is 6.48 Å². The maximum atomic E-state index is 2.45. The van der Waals surface area contributed by atoms with E-state index in [1.54, 1.807) is 0 Å². The molecule has 0 spiro atoms. The second-order valence-corrected chi connectivity index (χ2v) is 12.1. The van der Waals surface area contributed by atoms with E-state index in [9.17, 15) is 0 Å². The smallest absolute Gasteiger partial charge is 0.0464 e. The average Bonchev–Trinajstić information content (AvgIpc) is 3.09. The van der Waals surface area contributed by atoms with Gasteiger partial charge in [-0.1, -0.05) is 116 Å². The van der Waals surface area contributed by atoms with Crippen molar-refractivity contribution in [3.8, 4) is 11.1 Å². The Bertz CT molecular complexity index is 2000. The Hall–Kier alpha value is -5.34. The van der Waals surface area contributed by atoms with Crippen LogP contribution in [0.25, 0.3) is 27.5 Å². The second kappa shape index (κ2) is 12.3. The molecular formula is C43H38N2. The van der Waals surface area contributed by atoms with Gasteiger partial charge in [-0.3, -0.25) is 0 Å². The number of aryl methyl sites for hydroxylation is 1. The average molecular weight is 583 g/mol. The fourth-order valence-corrected chi connectivity index (χ4v) is 6.44. The molecule has 1 atom stereocenters. The first kappa shape index (κ1) is 28.4. The number of benzene rings is 6. The number of nitrogens with zero attached hydrogens (tertiary/aromatic N) is 2. The molecule has 0 N–H and O–H groups in total. The highest BCUT2D eigenvalue weighted by molar-refractivity contribution is 5.88. The van der Waals surface area contributed by atoms with Crippen LogP contribution in [0.3, 0.4) is 0 Å². The fourth-order valence-electron chi connectivity index (χ4n) is 6.44. The molecule has 0 aromatic heterocycles. The Kier molecular flexibility index (Phi) is 7.80. The molecule has 0 unspecified atom stereocenters. The summed E-state index contributed by atoms with van der Waals surface area (Å²) in [5.41, 5.74) is 12.4. The van der Waals surface area contributed by atoms with Crippen LogP contribution in [0.15, 0.2) is 163 Å². The summed E-state index contributed by atoms with van der Waals surface area (Å²) in [6.07, 6.45) is 5.60. The molecule has 220 valence electrons. The molecule has 0 amide bonds. The van der Waals surface area contributed by atoms with Crippen molar-refractivity contribution in [1.82, 2.24) is 0 Å². The standard InChI is InChI=1S/C43H38N2/c1-31-16-21-38(22-17-31)44(3)39-23-19-35(20-24-39)43-27-26-41(28-32(43)2)45(42-25-18-34-12-7-8-13-36(34)30-42)40-15-9-14-37(29-40)33-10-5-4-6-11-33/h4-27,29-30,32H,28H2,1-3H3/t32-/m1/s1. The van der Waals surface area contributed by atoms with E-state index in [1.807, 2.05) is 0 Å². The molecule has 0 bridgehead atoms. The highest BCUT2D eigenvalue weighted by Crippen LogP contribution is 2.41. The van der Waals surface area contributed by atoms with Crippen molar-refractivity contribution < 1.29 is 0 Å². The van der Waals surface area contributed by atoms with E-state index in [2.05, 4.69) is 188 Å². The summed E-state index contributed by atoms with van der Waals surface area (Å²) in [7, 11) is 2.13. The van der Waals surface area contributed by atoms with Gasteiger partial charge in [0.05, 0.1) is 0 Å². The Morgan fingerprint density at radius 1 is 0.511 bits per heavy atom. The van der Waals surface area contributed by atoms with Crippen molar-refractivity contribution in [2.75, 3.05) is 16.8 Å². The van der Waals surface area contributed by atoms with Crippen LogP contribution in [0, 0.1) is 12.8 Å². The van der Waals surface area contributed by atoms with Crippen LogP contribution in [0.1, 0.15) is 24.5 Å². The molecule has 2 heteroatoms. The third-order valence-corrected chi connectivity index (χ3v) is 9.00. The predicted molar refractivity (Wildman–Crippen MR) is 193 cm³/mol. The maximum Gasteiger partial charge on any atom is 0.0464 e. The number of hydrogen-bond donors (Lipinski definition) is 0. The first-order valence-corrected chi connectivity index (χ1v) is 15.8. The van der Waals surface area contributed by atoms with E-state index in [0.717, 1.165) is 6.42 Å². The van der Waals surface area contributed by atoms with E-state index in [-0.39, 0.29) is 0 Å². The zero-order chi connectivity index (χ0) is 30.8. The molecule has 0 fully saturated rings. The molecular weight excluding hydrogens is 544 g/mol. The molecule has 7 rings (SSSR count). The van der Waals surface area contributed by atoms with Gasteiger partial charge in [-0.15, -0.1) is 0 Å². The Morgan fingerprint density at radius 3 is 1.87 bits per heavy atom. The summed E-state index contributed by atoms with van der Waals surface area (Å²) in [4.78, 5) is 4.69. The quantitative estimate of drug-likeness (QED) is 0.185. The summed E-state index contributed by atoms with van der Waals surface area (Å²) in [6, 6.07) is 52.7. The molecule has 0 heterocycles. The number of hydrogen-bond acceptors (Lipinski definition) is 2. The molecule has 0 saturated heterocycles. The Morgan fingerprint density at radius 2 is 1.13 bits per heavy atom. The highest BCUT2D eigenvalue weighted by Gasteiger charge is 2.23. The summed E-state index contributed by atoms with van der Waals surface area (Å²) >= 11 is 0. The van der Waals surface area contributed by atoms with Gasteiger partial charge in [0.25, 0.3) is 0 Å². The lowest BCUT2D eigenvalue weighted by Gasteiger charge is -2.33. The van der Waals surface area contributed by atoms with Crippen molar-refractivity contribution in [2.45, 2.75) is 20.3 Å². The largest absolute Gasteiger partial charge is 0.345 e. The van der Waals surface area contributed by atoms with Gasteiger partial charge >= 0.3 is 0 Å². The molecule has 6 aromatic carbocycles. The molecule has 6 aromatic rings. The van der Waals surface area contributed by atoms with Crippen molar-refractivity contribution in [3.63, 3.8) is 0 Å². The predicted octanol–water partition coefficient (Wildman–Crippen LogP) is 11.7. The van der Waals surface area contributed by atoms with Gasteiger partial charge in [0, 0.05) is 35.5 Å². The Labute approximate surface area is 267 Å². The number of fused-ring (bicyclic) bond motifs is 1. The van der Waals surface area contributed by atoms with Crippen molar-refractivity contribution >= 4 is 39.1 Å². The number of anilines is 4. The molecule has 0 saturated carbocycles. The van der Waals surface area contributed by atoms with Crippen molar-refractivity contribution in [3.05, 3.63) is 175 Å². The fraction of sp³-hybridized carbons (Fsp3) is 0.116. The van der Waals surface area contributed by atoms with Gasteiger partial charge in [0.15, 0.2) is 0 Å². The number of allylic oxidation sites excluding steroid dienone is 4. The van der Waals surface area contributed by atoms with Crippen LogP contribution in [0.2, 0.25) is 0 Å². The normalized spacial score (nSPS) is 14.5. The zero-order valence-electron chi connectivity index (χ0n) is 26.2. The molecule has 2 nitrogen and oxygen atoms in total. The monoisotopic (exact) mass is 582 g/mol. The van der Waals surface area contributed by atoms with E-state index in [1.165, 1.54) is 67.0 Å². The van der Waals surface area contributed by atoms with E-state index >= 15 is 0 Å². The molecule has 1 aliphatic rings. The first-order chi connectivity index (χ1) is 22.0. The van der Waals surface area contributed by atoms with Crippen LogP contribution in [0.5, 0.6) is 0 Å². The number of rotatable bonds is 7. The van der Waals surface area contributed by atoms with Gasteiger partial charge in [-0.2, -0.15) is 0 Å². The van der Waals surface area contributed by atoms with Gasteiger partial charge < -0.3 is 9.80 Å².